The van der Waals surface area contributed by atoms with Crippen LogP contribution in [0.1, 0.15) is 21.7 Å². The number of aryl methyl sites for hydroxylation is 2. The Morgan fingerprint density at radius 3 is 2.44 bits per heavy atom. The van der Waals surface area contributed by atoms with Gasteiger partial charge < -0.3 is 0 Å². The molecule has 92 valence electrons. The van der Waals surface area contributed by atoms with E-state index in [9.17, 15) is 9.18 Å². The lowest BCUT2D eigenvalue weighted by Gasteiger charge is -2.05. The van der Waals surface area contributed by atoms with E-state index < -0.39 is 11.7 Å². The Labute approximate surface area is 104 Å². The van der Waals surface area contributed by atoms with Crippen molar-refractivity contribution in [2.45, 2.75) is 13.8 Å². The Morgan fingerprint density at radius 1 is 1.17 bits per heavy atom. The van der Waals surface area contributed by atoms with E-state index in [2.05, 4.69) is 15.3 Å². The number of carbonyl (C=O) groups excluding carboxylic acids is 1. The lowest BCUT2D eigenvalue weighted by Crippen LogP contribution is -2.15. The first-order chi connectivity index (χ1) is 8.54. The van der Waals surface area contributed by atoms with Gasteiger partial charge in [0.05, 0.1) is 0 Å². The second-order valence-electron chi connectivity index (χ2n) is 3.94. The lowest BCUT2D eigenvalue weighted by molar-refractivity contribution is 0.102. The first kappa shape index (κ1) is 12.2. The monoisotopic (exact) mass is 245 g/mol. The first-order valence-electron chi connectivity index (χ1n) is 5.44. The van der Waals surface area contributed by atoms with E-state index in [1.54, 1.807) is 6.07 Å². The molecule has 0 spiro atoms. The Bertz CT molecular complexity index is 578. The van der Waals surface area contributed by atoms with Gasteiger partial charge in [-0.1, -0.05) is 6.07 Å². The zero-order chi connectivity index (χ0) is 13.1. The van der Waals surface area contributed by atoms with Gasteiger partial charge in [-0.05, 0) is 38.1 Å². The van der Waals surface area contributed by atoms with Gasteiger partial charge in [-0.2, -0.15) is 0 Å². The summed E-state index contributed by atoms with van der Waals surface area (Å²) in [5, 5.41) is 2.54. The minimum atomic E-state index is -0.455. The normalized spacial score (nSPS) is 10.2. The summed E-state index contributed by atoms with van der Waals surface area (Å²) < 4.78 is 13.0. The molecule has 2 aromatic rings. The molecule has 1 amide bonds. The molecule has 5 heteroatoms. The standard InChI is InChI=1S/C13H12FN3O/c1-8-6-9(2)16-13(15-8)17-12(18)10-4-3-5-11(14)7-10/h3-7H,1-2H3,(H,15,16,17,18). The molecule has 0 saturated heterocycles. The topological polar surface area (TPSA) is 54.9 Å². The van der Waals surface area contributed by atoms with Crippen molar-refractivity contribution < 1.29 is 9.18 Å². The Morgan fingerprint density at radius 2 is 1.83 bits per heavy atom. The van der Waals surface area contributed by atoms with Gasteiger partial charge in [-0.15, -0.1) is 0 Å². The molecule has 0 atom stereocenters. The zero-order valence-corrected chi connectivity index (χ0v) is 10.1. The average molecular weight is 245 g/mol. The molecule has 0 aliphatic rings. The fourth-order valence-corrected chi connectivity index (χ4v) is 1.59. The Hall–Kier alpha value is -2.30. The van der Waals surface area contributed by atoms with Gasteiger partial charge in [0, 0.05) is 17.0 Å². The van der Waals surface area contributed by atoms with E-state index in [1.165, 1.54) is 18.2 Å². The van der Waals surface area contributed by atoms with Crippen molar-refractivity contribution in [3.8, 4) is 0 Å². The van der Waals surface area contributed by atoms with Crippen molar-refractivity contribution in [3.05, 3.63) is 53.1 Å². The van der Waals surface area contributed by atoms with Crippen molar-refractivity contribution in [2.75, 3.05) is 5.32 Å². The molecule has 0 unspecified atom stereocenters. The van der Waals surface area contributed by atoms with Crippen molar-refractivity contribution >= 4 is 11.9 Å². The van der Waals surface area contributed by atoms with E-state index in [0.717, 1.165) is 17.5 Å². The number of hydrogen-bond acceptors (Lipinski definition) is 3. The molecule has 4 nitrogen and oxygen atoms in total. The number of hydrogen-bond donors (Lipinski definition) is 1. The van der Waals surface area contributed by atoms with E-state index in [-0.39, 0.29) is 11.5 Å². The number of nitrogens with one attached hydrogen (secondary N) is 1. The first-order valence-corrected chi connectivity index (χ1v) is 5.44. The van der Waals surface area contributed by atoms with E-state index in [1.807, 2.05) is 13.8 Å². The van der Waals surface area contributed by atoms with Gasteiger partial charge in [-0.25, -0.2) is 14.4 Å². The highest BCUT2D eigenvalue weighted by molar-refractivity contribution is 6.03. The highest BCUT2D eigenvalue weighted by atomic mass is 19.1. The lowest BCUT2D eigenvalue weighted by atomic mass is 10.2. The predicted molar refractivity (Wildman–Crippen MR) is 65.9 cm³/mol. The molecule has 1 aromatic carbocycles. The van der Waals surface area contributed by atoms with E-state index in [4.69, 9.17) is 0 Å². The van der Waals surface area contributed by atoms with E-state index >= 15 is 0 Å². The number of carbonyl (C=O) groups is 1. The summed E-state index contributed by atoms with van der Waals surface area (Å²) in [4.78, 5) is 20.0. The molecular weight excluding hydrogens is 233 g/mol. The van der Waals surface area contributed by atoms with Crippen LogP contribution in [0.2, 0.25) is 0 Å². The predicted octanol–water partition coefficient (Wildman–Crippen LogP) is 2.48. The molecule has 0 fully saturated rings. The van der Waals surface area contributed by atoms with Crippen molar-refractivity contribution in [1.82, 2.24) is 9.97 Å². The van der Waals surface area contributed by atoms with Crippen LogP contribution in [0.25, 0.3) is 0 Å². The number of benzene rings is 1. The summed E-state index contributed by atoms with van der Waals surface area (Å²) in [6, 6.07) is 7.26. The summed E-state index contributed by atoms with van der Waals surface area (Å²) in [6.45, 7) is 3.62. The number of amides is 1. The maximum atomic E-state index is 13.0. The third-order valence-corrected chi connectivity index (χ3v) is 2.29. The molecule has 0 aliphatic carbocycles. The number of nitrogens with zero attached hydrogens (tertiary/aromatic N) is 2. The highest BCUT2D eigenvalue weighted by Gasteiger charge is 2.09. The fraction of sp³-hybridized carbons (Fsp3) is 0.154. The van der Waals surface area contributed by atoms with Gasteiger partial charge in [0.1, 0.15) is 5.82 Å². The van der Waals surface area contributed by atoms with Crippen molar-refractivity contribution in [3.63, 3.8) is 0 Å². The summed E-state index contributed by atoms with van der Waals surface area (Å²) in [5.74, 6) is -0.662. The van der Waals surface area contributed by atoms with Crippen LogP contribution in [0.15, 0.2) is 30.3 Å². The summed E-state index contributed by atoms with van der Waals surface area (Å²) in [7, 11) is 0. The third-order valence-electron chi connectivity index (χ3n) is 2.29. The van der Waals surface area contributed by atoms with Gasteiger partial charge >= 0.3 is 0 Å². The second-order valence-corrected chi connectivity index (χ2v) is 3.94. The Kier molecular flexibility index (Phi) is 3.32. The smallest absolute Gasteiger partial charge is 0.258 e. The zero-order valence-electron chi connectivity index (χ0n) is 10.1. The third kappa shape index (κ3) is 2.88. The van der Waals surface area contributed by atoms with Crippen LogP contribution in [0.3, 0.4) is 0 Å². The number of anilines is 1. The highest BCUT2D eigenvalue weighted by Crippen LogP contribution is 2.08. The summed E-state index contributed by atoms with van der Waals surface area (Å²) >= 11 is 0. The van der Waals surface area contributed by atoms with Gasteiger partial charge in [0.15, 0.2) is 0 Å². The van der Waals surface area contributed by atoms with Crippen LogP contribution in [0.4, 0.5) is 10.3 Å². The van der Waals surface area contributed by atoms with Crippen LogP contribution in [0.5, 0.6) is 0 Å². The van der Waals surface area contributed by atoms with Gasteiger partial charge in [0.2, 0.25) is 5.95 Å². The molecule has 0 aliphatic heterocycles. The molecule has 0 saturated carbocycles. The number of rotatable bonds is 2. The van der Waals surface area contributed by atoms with E-state index in [0.29, 0.717) is 0 Å². The molecule has 1 N–H and O–H groups in total. The van der Waals surface area contributed by atoms with Gasteiger partial charge in [-0.3, -0.25) is 10.1 Å². The summed E-state index contributed by atoms with van der Waals surface area (Å²) in [6.07, 6.45) is 0. The van der Waals surface area contributed by atoms with Crippen LogP contribution in [0, 0.1) is 19.7 Å². The molecule has 18 heavy (non-hydrogen) atoms. The largest absolute Gasteiger partial charge is 0.290 e. The minimum absolute atomic E-state index is 0.224. The van der Waals surface area contributed by atoms with Crippen molar-refractivity contribution in [2.24, 2.45) is 0 Å². The molecular formula is C13H12FN3O. The van der Waals surface area contributed by atoms with Crippen LogP contribution in [-0.4, -0.2) is 15.9 Å². The number of aromatic nitrogens is 2. The average Bonchev–Trinajstić information content (AvgIpc) is 2.27. The molecule has 1 aromatic heterocycles. The maximum absolute atomic E-state index is 13.0. The molecule has 1 heterocycles. The molecule has 2 rings (SSSR count). The quantitative estimate of drug-likeness (QED) is 0.884. The fourth-order valence-electron chi connectivity index (χ4n) is 1.59. The van der Waals surface area contributed by atoms with Gasteiger partial charge in [0.25, 0.3) is 5.91 Å². The molecule has 0 bridgehead atoms. The van der Waals surface area contributed by atoms with Crippen molar-refractivity contribution in [1.29, 1.82) is 0 Å². The SMILES string of the molecule is Cc1cc(C)nc(NC(=O)c2cccc(F)c2)n1. The van der Waals surface area contributed by atoms with Crippen LogP contribution >= 0.6 is 0 Å². The number of halogens is 1. The minimum Gasteiger partial charge on any atom is -0.290 e. The van der Waals surface area contributed by atoms with Crippen LogP contribution in [-0.2, 0) is 0 Å². The second kappa shape index (κ2) is 4.91. The summed E-state index contributed by atoms with van der Waals surface area (Å²) in [5.41, 5.74) is 1.76. The molecule has 0 radical (unpaired) electrons. The Balaban J connectivity index is 2.21. The van der Waals surface area contributed by atoms with Crippen LogP contribution < -0.4 is 5.32 Å². The maximum Gasteiger partial charge on any atom is 0.258 e.